The van der Waals surface area contributed by atoms with Gasteiger partial charge in [0.15, 0.2) is 0 Å². The smallest absolute Gasteiger partial charge is 0.215 e. The number of nitrogens with zero attached hydrogens (tertiary/aromatic N) is 4. The van der Waals surface area contributed by atoms with Gasteiger partial charge in [0.05, 0.1) is 23.3 Å². The molecule has 0 atom stereocenters. The van der Waals surface area contributed by atoms with E-state index in [0.29, 0.717) is 15.8 Å². The van der Waals surface area contributed by atoms with Crippen LogP contribution in [0.2, 0.25) is 10.0 Å². The zero-order chi connectivity index (χ0) is 22.3. The lowest BCUT2D eigenvalue weighted by atomic mass is 10.1. The van der Waals surface area contributed by atoms with E-state index in [0.717, 1.165) is 27.4 Å². The van der Waals surface area contributed by atoms with Gasteiger partial charge in [-0.3, -0.25) is 9.99 Å². The second kappa shape index (κ2) is 10.4. The van der Waals surface area contributed by atoms with E-state index in [-0.39, 0.29) is 0 Å². The highest BCUT2D eigenvalue weighted by Gasteiger charge is 2.10. The third-order valence-corrected chi connectivity index (χ3v) is 5.77. The molecule has 32 heavy (non-hydrogen) atoms. The molecule has 0 bridgehead atoms. The Morgan fingerprint density at radius 2 is 1.56 bits per heavy atom. The fourth-order valence-corrected chi connectivity index (χ4v) is 4.01. The number of nitrogens with one attached hydrogen (secondary N) is 1. The molecule has 1 heterocycles. The van der Waals surface area contributed by atoms with Gasteiger partial charge in [-0.1, -0.05) is 53.5 Å². The molecular formula is C24H19Cl2N5S. The van der Waals surface area contributed by atoms with Gasteiger partial charge in [-0.25, -0.2) is 0 Å². The van der Waals surface area contributed by atoms with Crippen LogP contribution >= 0.6 is 34.5 Å². The molecule has 1 N–H and O–H groups in total. The summed E-state index contributed by atoms with van der Waals surface area (Å²) in [5.74, 6) is 0. The van der Waals surface area contributed by atoms with Gasteiger partial charge in [-0.2, -0.15) is 10.2 Å². The zero-order valence-electron chi connectivity index (χ0n) is 17.1. The summed E-state index contributed by atoms with van der Waals surface area (Å²) >= 11 is 13.7. The molecule has 0 unspecified atom stereocenters. The minimum absolute atomic E-state index is 0.664. The Balaban J connectivity index is 1.68. The fourth-order valence-electron chi connectivity index (χ4n) is 2.90. The van der Waals surface area contributed by atoms with Crippen molar-refractivity contribution in [2.45, 2.75) is 6.92 Å². The minimum atomic E-state index is 0.664. The average Bonchev–Trinajstić information content (AvgIpc) is 3.23. The van der Waals surface area contributed by atoms with E-state index in [9.17, 15) is 0 Å². The standard InChI is InChI=1S/C24H19Cl2N5S/c1-17(15-27-29-21-5-3-2-4-6-21)28-30-24-31(22-13-11-20(26)12-14-22)23(16-32-24)18-7-9-19(25)10-8-18/h2-16,29H,1H3/b27-15+,28-17-,30-24+. The first-order chi connectivity index (χ1) is 15.6. The van der Waals surface area contributed by atoms with Crippen LogP contribution in [-0.2, 0) is 0 Å². The van der Waals surface area contributed by atoms with Gasteiger partial charge >= 0.3 is 0 Å². The Kier molecular flexibility index (Phi) is 7.17. The van der Waals surface area contributed by atoms with Gasteiger partial charge in [0.2, 0.25) is 4.80 Å². The molecule has 0 saturated carbocycles. The summed E-state index contributed by atoms with van der Waals surface area (Å²) in [6, 6.07) is 25.0. The molecular weight excluding hydrogens is 461 g/mol. The number of hydrogen-bond acceptors (Lipinski definition) is 5. The molecule has 4 aromatic rings. The molecule has 0 spiro atoms. The second-order valence-corrected chi connectivity index (χ2v) is 8.51. The number of aromatic nitrogens is 1. The van der Waals surface area contributed by atoms with Crippen LogP contribution in [0, 0.1) is 0 Å². The van der Waals surface area contributed by atoms with E-state index in [1.807, 2.05) is 95.7 Å². The second-order valence-electron chi connectivity index (χ2n) is 6.80. The quantitative estimate of drug-likeness (QED) is 0.237. The van der Waals surface area contributed by atoms with Crippen molar-refractivity contribution >= 4 is 52.2 Å². The van der Waals surface area contributed by atoms with E-state index in [4.69, 9.17) is 23.2 Å². The maximum Gasteiger partial charge on any atom is 0.215 e. The topological polar surface area (TPSA) is 54.0 Å². The Bertz CT molecular complexity index is 1310. The molecule has 160 valence electrons. The monoisotopic (exact) mass is 479 g/mol. The molecule has 0 aliphatic carbocycles. The van der Waals surface area contributed by atoms with Gasteiger partial charge in [-0.15, -0.1) is 16.4 Å². The first-order valence-electron chi connectivity index (χ1n) is 9.75. The largest absolute Gasteiger partial charge is 0.284 e. The first-order valence-corrected chi connectivity index (χ1v) is 11.4. The Morgan fingerprint density at radius 3 is 2.25 bits per heavy atom. The van der Waals surface area contributed by atoms with Crippen LogP contribution in [-0.4, -0.2) is 16.5 Å². The third kappa shape index (κ3) is 5.53. The lowest BCUT2D eigenvalue weighted by molar-refractivity contribution is 0.971. The number of para-hydroxylation sites is 1. The number of halogens is 2. The summed E-state index contributed by atoms with van der Waals surface area (Å²) in [4.78, 5) is 0.723. The number of benzene rings is 3. The minimum Gasteiger partial charge on any atom is -0.284 e. The van der Waals surface area contributed by atoms with Crippen molar-refractivity contribution in [3.63, 3.8) is 0 Å². The summed E-state index contributed by atoms with van der Waals surface area (Å²) in [6.07, 6.45) is 1.64. The van der Waals surface area contributed by atoms with Gasteiger partial charge in [-0.05, 0) is 61.0 Å². The van der Waals surface area contributed by atoms with Crippen LogP contribution in [0.1, 0.15) is 6.92 Å². The lowest BCUT2D eigenvalue weighted by Crippen LogP contribution is -2.13. The highest BCUT2D eigenvalue weighted by molar-refractivity contribution is 7.07. The number of hydrogen-bond donors (Lipinski definition) is 1. The molecule has 0 aliphatic heterocycles. The van der Waals surface area contributed by atoms with Crippen molar-refractivity contribution in [1.82, 2.24) is 4.57 Å². The fraction of sp³-hybridized carbons (Fsp3) is 0.0417. The summed E-state index contributed by atoms with van der Waals surface area (Å²) in [5, 5.41) is 16.5. The van der Waals surface area contributed by atoms with Crippen LogP contribution in [0.4, 0.5) is 5.69 Å². The molecule has 0 fully saturated rings. The Labute approximate surface area is 200 Å². The predicted molar refractivity (Wildman–Crippen MR) is 136 cm³/mol. The van der Waals surface area contributed by atoms with Crippen LogP contribution in [0.25, 0.3) is 16.9 Å². The lowest BCUT2D eigenvalue weighted by Gasteiger charge is -2.09. The van der Waals surface area contributed by atoms with Gasteiger partial charge in [0, 0.05) is 21.1 Å². The summed E-state index contributed by atoms with van der Waals surface area (Å²) in [7, 11) is 0. The summed E-state index contributed by atoms with van der Waals surface area (Å²) in [6.45, 7) is 1.85. The van der Waals surface area contributed by atoms with Crippen molar-refractivity contribution in [3.05, 3.63) is 99.1 Å². The van der Waals surface area contributed by atoms with E-state index in [2.05, 4.69) is 20.7 Å². The highest BCUT2D eigenvalue weighted by Crippen LogP contribution is 2.25. The van der Waals surface area contributed by atoms with Gasteiger partial charge in [0.25, 0.3) is 0 Å². The number of thiazole rings is 1. The normalized spacial score (nSPS) is 12.5. The van der Waals surface area contributed by atoms with Crippen LogP contribution in [0.5, 0.6) is 0 Å². The van der Waals surface area contributed by atoms with Crippen molar-refractivity contribution < 1.29 is 0 Å². The van der Waals surface area contributed by atoms with Gasteiger partial charge < -0.3 is 0 Å². The molecule has 1 aromatic heterocycles. The average molecular weight is 480 g/mol. The maximum atomic E-state index is 6.10. The van der Waals surface area contributed by atoms with Crippen LogP contribution < -0.4 is 10.2 Å². The molecule has 0 radical (unpaired) electrons. The van der Waals surface area contributed by atoms with E-state index in [1.54, 1.807) is 6.21 Å². The van der Waals surface area contributed by atoms with Crippen molar-refractivity contribution in [2.75, 3.05) is 5.43 Å². The molecule has 0 amide bonds. The molecule has 0 aliphatic rings. The third-order valence-electron chi connectivity index (χ3n) is 4.45. The van der Waals surface area contributed by atoms with Gasteiger partial charge in [0.1, 0.15) is 0 Å². The molecule has 4 rings (SSSR count). The SMILES string of the molecule is CC(/C=N/Nc1ccccc1)=N/N=c1/scc(-c2ccc(Cl)cc2)n1-c1ccc(Cl)cc1. The Hall–Kier alpha value is -3.19. The number of hydrazone groups is 1. The van der Waals surface area contributed by atoms with Crippen molar-refractivity contribution in [1.29, 1.82) is 0 Å². The zero-order valence-corrected chi connectivity index (χ0v) is 19.4. The van der Waals surface area contributed by atoms with E-state index in [1.165, 1.54) is 11.3 Å². The summed E-state index contributed by atoms with van der Waals surface area (Å²) < 4.78 is 2.04. The van der Waals surface area contributed by atoms with Crippen LogP contribution in [0.15, 0.2) is 99.5 Å². The molecule has 3 aromatic carbocycles. The summed E-state index contributed by atoms with van der Waals surface area (Å²) in [5.41, 5.74) is 7.48. The molecule has 0 saturated heterocycles. The maximum absolute atomic E-state index is 6.10. The number of anilines is 1. The molecule has 8 heteroatoms. The van der Waals surface area contributed by atoms with Crippen LogP contribution in [0.3, 0.4) is 0 Å². The predicted octanol–water partition coefficient (Wildman–Crippen LogP) is 6.89. The van der Waals surface area contributed by atoms with Crippen molar-refractivity contribution in [2.24, 2.45) is 15.3 Å². The first kappa shape index (κ1) is 22.0. The van der Waals surface area contributed by atoms with E-state index >= 15 is 0 Å². The Morgan fingerprint density at radius 1 is 0.906 bits per heavy atom. The van der Waals surface area contributed by atoms with Crippen molar-refractivity contribution in [3.8, 4) is 16.9 Å². The highest BCUT2D eigenvalue weighted by atomic mass is 35.5. The number of rotatable bonds is 6. The van der Waals surface area contributed by atoms with E-state index < -0.39 is 0 Å². The molecule has 5 nitrogen and oxygen atoms in total.